The van der Waals surface area contributed by atoms with Crippen LogP contribution in [0.15, 0.2) is 0 Å². The quantitative estimate of drug-likeness (QED) is 0.517. The van der Waals surface area contributed by atoms with Gasteiger partial charge in [-0.2, -0.15) is 0 Å². The van der Waals surface area contributed by atoms with Crippen LogP contribution in [0.4, 0.5) is 0 Å². The van der Waals surface area contributed by atoms with E-state index >= 15 is 0 Å². The molecular weight excluding hydrogens is 148 g/mol. The molecule has 2 radical (unpaired) electrons. The molecule has 0 atom stereocenters. The third kappa shape index (κ3) is 16.5. The molecule has 0 saturated heterocycles. The van der Waals surface area contributed by atoms with Gasteiger partial charge in [0.05, 0.1) is 7.11 Å². The van der Waals surface area contributed by atoms with E-state index in [1.54, 1.807) is 0 Å². The fourth-order valence-corrected chi connectivity index (χ4v) is 1.13. The molecule has 0 aliphatic carbocycles. The first-order chi connectivity index (χ1) is 5.91. The molecule has 1 nitrogen and oxygen atoms in total. The highest BCUT2D eigenvalue weighted by atomic mass is 16.2. The minimum Gasteiger partial charge on any atom is -0.240 e. The van der Waals surface area contributed by atoms with Crippen molar-refractivity contribution in [2.24, 2.45) is 0 Å². The van der Waals surface area contributed by atoms with Gasteiger partial charge in [0.25, 0.3) is 0 Å². The van der Waals surface area contributed by atoms with Gasteiger partial charge in [-0.1, -0.05) is 65.2 Å². The highest BCUT2D eigenvalue weighted by Crippen LogP contribution is 2.07. The molecule has 0 aromatic heterocycles. The molecule has 0 saturated carbocycles. The van der Waals surface area contributed by atoms with Crippen molar-refractivity contribution in [2.75, 3.05) is 7.11 Å². The minimum absolute atomic E-state index is 0.750. The Balaban J connectivity index is 0. The molecule has 0 aromatic carbocycles. The standard InChI is InChI=1S/C10H21.CH3O/c1-3-5-7-9-10-8-6-4-2;1-2/h1,3-10H2,2H3;1H3. The van der Waals surface area contributed by atoms with E-state index in [0.717, 1.165) is 13.5 Å². The van der Waals surface area contributed by atoms with Crippen molar-refractivity contribution in [1.29, 1.82) is 0 Å². The van der Waals surface area contributed by atoms with Crippen LogP contribution < -0.4 is 0 Å². The Bertz CT molecular complexity index is 45.0. The van der Waals surface area contributed by atoms with Crippen molar-refractivity contribution >= 4 is 0 Å². The van der Waals surface area contributed by atoms with Gasteiger partial charge in [-0.05, 0) is 0 Å². The van der Waals surface area contributed by atoms with E-state index in [-0.39, 0.29) is 0 Å². The molecule has 74 valence electrons. The zero-order valence-corrected chi connectivity index (χ0v) is 8.77. The molecule has 0 heterocycles. The van der Waals surface area contributed by atoms with Crippen LogP contribution in [0.2, 0.25) is 0 Å². The van der Waals surface area contributed by atoms with Crippen LogP contribution in [0.25, 0.3) is 0 Å². The zero-order chi connectivity index (χ0) is 9.66. The third-order valence-electron chi connectivity index (χ3n) is 1.85. The van der Waals surface area contributed by atoms with Crippen LogP contribution in [0, 0.1) is 6.92 Å². The molecule has 0 amide bonds. The molecule has 0 aliphatic rings. The summed E-state index contributed by atoms with van der Waals surface area (Å²) in [6.07, 6.45) is 10.9. The van der Waals surface area contributed by atoms with Gasteiger partial charge < -0.3 is 0 Å². The first-order valence-electron chi connectivity index (χ1n) is 5.12. The van der Waals surface area contributed by atoms with E-state index in [0.29, 0.717) is 0 Å². The maximum atomic E-state index is 8.25. The predicted octanol–water partition coefficient (Wildman–Crippen LogP) is 4.01. The maximum absolute atomic E-state index is 8.25. The van der Waals surface area contributed by atoms with Crippen LogP contribution in [0.3, 0.4) is 0 Å². The third-order valence-corrected chi connectivity index (χ3v) is 1.85. The molecule has 0 fully saturated rings. The van der Waals surface area contributed by atoms with E-state index in [1.807, 2.05) is 0 Å². The SMILES string of the molecule is C[O].[CH2]CCCCCCCCC. The lowest BCUT2D eigenvalue weighted by atomic mass is 10.1. The highest BCUT2D eigenvalue weighted by molar-refractivity contribution is 4.45. The van der Waals surface area contributed by atoms with Gasteiger partial charge >= 0.3 is 0 Å². The molecule has 0 spiro atoms. The molecule has 0 aliphatic heterocycles. The Morgan fingerprint density at radius 1 is 0.833 bits per heavy atom. The lowest BCUT2D eigenvalue weighted by Crippen LogP contribution is -1.77. The normalized spacial score (nSPS) is 9.00. The molecule has 0 bridgehead atoms. The second kappa shape index (κ2) is 17.2. The summed E-state index contributed by atoms with van der Waals surface area (Å²) in [5, 5.41) is 8.25. The Kier molecular flexibility index (Phi) is 20.7. The van der Waals surface area contributed by atoms with Gasteiger partial charge in [-0.15, -0.1) is 0 Å². The van der Waals surface area contributed by atoms with Crippen LogP contribution >= 0.6 is 0 Å². The van der Waals surface area contributed by atoms with Gasteiger partial charge in [0.1, 0.15) is 0 Å². The monoisotopic (exact) mass is 172 g/mol. The van der Waals surface area contributed by atoms with Gasteiger partial charge in [0.2, 0.25) is 0 Å². The van der Waals surface area contributed by atoms with E-state index in [9.17, 15) is 0 Å². The molecule has 0 rings (SSSR count). The van der Waals surface area contributed by atoms with Crippen LogP contribution in [0.1, 0.15) is 58.3 Å². The summed E-state index contributed by atoms with van der Waals surface area (Å²) in [6.45, 7) is 6.08. The van der Waals surface area contributed by atoms with E-state index in [4.69, 9.17) is 5.11 Å². The van der Waals surface area contributed by atoms with E-state index in [2.05, 4.69) is 13.8 Å². The average Bonchev–Trinajstić information content (AvgIpc) is 2.15. The largest absolute Gasteiger partial charge is 0.240 e. The summed E-state index contributed by atoms with van der Waals surface area (Å²) >= 11 is 0. The number of hydrogen-bond acceptors (Lipinski definition) is 0. The predicted molar refractivity (Wildman–Crippen MR) is 54.6 cm³/mol. The summed E-state index contributed by atoms with van der Waals surface area (Å²) in [5.74, 6) is 0. The number of rotatable bonds is 7. The number of hydrogen-bond donors (Lipinski definition) is 0. The molecule has 0 aromatic rings. The fourth-order valence-electron chi connectivity index (χ4n) is 1.13. The van der Waals surface area contributed by atoms with Crippen molar-refractivity contribution < 1.29 is 5.11 Å². The Morgan fingerprint density at radius 3 is 1.67 bits per heavy atom. The first-order valence-corrected chi connectivity index (χ1v) is 5.12. The second-order valence-electron chi connectivity index (χ2n) is 2.97. The fraction of sp³-hybridized carbons (Fsp3) is 0.909. The van der Waals surface area contributed by atoms with Crippen LogP contribution in [-0.4, -0.2) is 7.11 Å². The molecular formula is C11H24O. The molecule has 1 heteroatoms. The molecule has 0 N–H and O–H groups in total. The van der Waals surface area contributed by atoms with Gasteiger partial charge in [0.15, 0.2) is 0 Å². The summed E-state index contributed by atoms with van der Waals surface area (Å²) in [4.78, 5) is 0. The van der Waals surface area contributed by atoms with Gasteiger partial charge in [0, 0.05) is 0 Å². The maximum Gasteiger partial charge on any atom is 0.0712 e. The topological polar surface area (TPSA) is 19.9 Å². The summed E-state index contributed by atoms with van der Waals surface area (Å²) in [5.41, 5.74) is 0. The number of unbranched alkanes of at least 4 members (excludes halogenated alkanes) is 7. The molecule has 0 unspecified atom stereocenters. The average molecular weight is 172 g/mol. The summed E-state index contributed by atoms with van der Waals surface area (Å²) in [6, 6.07) is 0. The van der Waals surface area contributed by atoms with E-state index < -0.39 is 0 Å². The van der Waals surface area contributed by atoms with Crippen molar-refractivity contribution in [3.05, 3.63) is 6.92 Å². The van der Waals surface area contributed by atoms with Gasteiger partial charge in [-0.3, -0.25) is 0 Å². The van der Waals surface area contributed by atoms with Crippen molar-refractivity contribution in [3.63, 3.8) is 0 Å². The Labute approximate surface area is 78.2 Å². The molecule has 12 heavy (non-hydrogen) atoms. The Hall–Kier alpha value is -0.0400. The van der Waals surface area contributed by atoms with Crippen molar-refractivity contribution in [1.82, 2.24) is 0 Å². The summed E-state index contributed by atoms with van der Waals surface area (Å²) < 4.78 is 0. The van der Waals surface area contributed by atoms with Crippen LogP contribution in [-0.2, 0) is 5.11 Å². The van der Waals surface area contributed by atoms with Gasteiger partial charge in [-0.25, -0.2) is 5.11 Å². The highest BCUT2D eigenvalue weighted by Gasteiger charge is 1.87. The van der Waals surface area contributed by atoms with Crippen molar-refractivity contribution in [2.45, 2.75) is 58.3 Å². The van der Waals surface area contributed by atoms with E-state index in [1.165, 1.54) is 44.9 Å². The second-order valence-corrected chi connectivity index (χ2v) is 2.97. The lowest BCUT2D eigenvalue weighted by molar-refractivity contribution is 0.282. The van der Waals surface area contributed by atoms with Crippen molar-refractivity contribution in [3.8, 4) is 0 Å². The first kappa shape index (κ1) is 14.5. The lowest BCUT2D eigenvalue weighted by Gasteiger charge is -1.97. The Morgan fingerprint density at radius 2 is 1.25 bits per heavy atom. The minimum atomic E-state index is 0.750. The summed E-state index contributed by atoms with van der Waals surface area (Å²) in [7, 11) is 0.750. The smallest absolute Gasteiger partial charge is 0.0712 e. The van der Waals surface area contributed by atoms with Crippen LogP contribution in [0.5, 0.6) is 0 Å². The zero-order valence-electron chi connectivity index (χ0n) is 8.77.